The molecule has 6 heteroatoms. The molecule has 1 aromatic carbocycles. The Bertz CT molecular complexity index is 1120. The van der Waals surface area contributed by atoms with E-state index >= 15 is 0 Å². The molecule has 0 aliphatic carbocycles. The van der Waals surface area contributed by atoms with Crippen molar-refractivity contribution in [2.24, 2.45) is 0 Å². The van der Waals surface area contributed by atoms with Crippen molar-refractivity contribution < 1.29 is 4.79 Å². The third kappa shape index (κ3) is 4.28. The average molecular weight is 405 g/mol. The van der Waals surface area contributed by atoms with Crippen molar-refractivity contribution in [1.82, 2.24) is 19.6 Å². The smallest absolute Gasteiger partial charge is 0.270 e. The highest BCUT2D eigenvalue weighted by molar-refractivity contribution is 5.93. The Balaban J connectivity index is 1.49. The lowest BCUT2D eigenvalue weighted by atomic mass is 10.0. The minimum absolute atomic E-state index is 0.0542. The molecule has 1 aliphatic rings. The number of aryl methyl sites for hydroxylation is 1. The van der Waals surface area contributed by atoms with E-state index in [0.29, 0.717) is 18.2 Å². The van der Waals surface area contributed by atoms with Gasteiger partial charge < -0.3 is 5.32 Å². The summed E-state index contributed by atoms with van der Waals surface area (Å²) in [6.07, 6.45) is 6.79. The number of fused-ring (bicyclic) bond motifs is 1. The highest BCUT2D eigenvalue weighted by Crippen LogP contribution is 2.20. The van der Waals surface area contributed by atoms with Crippen LogP contribution in [0.2, 0.25) is 0 Å². The molecule has 3 heterocycles. The predicted molar refractivity (Wildman–Crippen MR) is 118 cm³/mol. The summed E-state index contributed by atoms with van der Waals surface area (Å²) in [4.78, 5) is 32.2. The molecule has 1 aliphatic heterocycles. The molecule has 0 saturated carbocycles. The molecule has 1 unspecified atom stereocenters. The summed E-state index contributed by atoms with van der Waals surface area (Å²) in [5.41, 5.74) is 3.55. The molecule has 1 fully saturated rings. The summed E-state index contributed by atoms with van der Waals surface area (Å²) in [5, 5.41) is 2.91. The third-order valence-electron chi connectivity index (χ3n) is 5.98. The number of pyridine rings is 1. The van der Waals surface area contributed by atoms with Crippen molar-refractivity contribution in [1.29, 1.82) is 0 Å². The summed E-state index contributed by atoms with van der Waals surface area (Å²) in [6, 6.07) is 12.4. The van der Waals surface area contributed by atoms with Crippen LogP contribution in [0.5, 0.6) is 0 Å². The lowest BCUT2D eigenvalue weighted by Crippen LogP contribution is -2.37. The summed E-state index contributed by atoms with van der Waals surface area (Å²) in [6.45, 7) is 6.60. The first kappa shape index (κ1) is 20.3. The Hall–Kier alpha value is -2.99. The summed E-state index contributed by atoms with van der Waals surface area (Å²) < 4.78 is 1.41. The van der Waals surface area contributed by atoms with Crippen molar-refractivity contribution in [3.8, 4) is 0 Å². The molecule has 1 amide bonds. The van der Waals surface area contributed by atoms with Gasteiger partial charge in [-0.15, -0.1) is 0 Å². The van der Waals surface area contributed by atoms with Gasteiger partial charge in [-0.2, -0.15) is 0 Å². The standard InChI is InChI=1S/C24H28N4O2/c1-17-10-12-28-22(13-17)25-15-21(24(28)30)23(29)26-14-19-8-3-4-9-20(19)16-27-11-6-5-7-18(27)2/h3-4,8-10,12-13,15,18H,5-7,11,14,16H2,1-2H3,(H,26,29). The third-order valence-corrected chi connectivity index (χ3v) is 5.98. The number of amides is 1. The second kappa shape index (κ2) is 8.79. The highest BCUT2D eigenvalue weighted by atomic mass is 16.2. The van der Waals surface area contributed by atoms with Gasteiger partial charge in [0.05, 0.1) is 0 Å². The number of carbonyl (C=O) groups is 1. The van der Waals surface area contributed by atoms with Crippen molar-refractivity contribution in [2.45, 2.75) is 52.2 Å². The van der Waals surface area contributed by atoms with Gasteiger partial charge in [-0.25, -0.2) is 4.98 Å². The molecule has 4 rings (SSSR count). The molecule has 3 aromatic rings. The number of benzene rings is 1. The van der Waals surface area contributed by atoms with Crippen LogP contribution in [0.15, 0.2) is 53.6 Å². The van der Waals surface area contributed by atoms with Crippen LogP contribution in [0, 0.1) is 6.92 Å². The first-order chi connectivity index (χ1) is 14.5. The van der Waals surface area contributed by atoms with E-state index < -0.39 is 5.91 Å². The predicted octanol–water partition coefficient (Wildman–Crippen LogP) is 3.31. The molecule has 0 spiro atoms. The number of nitrogens with zero attached hydrogens (tertiary/aromatic N) is 3. The number of likely N-dealkylation sites (tertiary alicyclic amines) is 1. The minimum Gasteiger partial charge on any atom is -0.348 e. The van der Waals surface area contributed by atoms with Gasteiger partial charge in [0.15, 0.2) is 0 Å². The fourth-order valence-corrected chi connectivity index (χ4v) is 4.10. The van der Waals surface area contributed by atoms with E-state index in [-0.39, 0.29) is 11.1 Å². The molecule has 1 saturated heterocycles. The molecule has 30 heavy (non-hydrogen) atoms. The highest BCUT2D eigenvalue weighted by Gasteiger charge is 2.19. The molecule has 1 atom stereocenters. The molecule has 2 aromatic heterocycles. The van der Waals surface area contributed by atoms with Crippen LogP contribution in [0.4, 0.5) is 0 Å². The van der Waals surface area contributed by atoms with Gasteiger partial charge >= 0.3 is 0 Å². The van der Waals surface area contributed by atoms with Gasteiger partial charge in [-0.05, 0) is 62.1 Å². The zero-order valence-corrected chi connectivity index (χ0v) is 17.6. The Morgan fingerprint density at radius 3 is 2.80 bits per heavy atom. The van der Waals surface area contributed by atoms with Gasteiger partial charge in [0.1, 0.15) is 11.2 Å². The first-order valence-electron chi connectivity index (χ1n) is 10.6. The lowest BCUT2D eigenvalue weighted by Gasteiger charge is -2.33. The van der Waals surface area contributed by atoms with Crippen LogP contribution < -0.4 is 10.9 Å². The zero-order valence-electron chi connectivity index (χ0n) is 17.6. The Kier molecular flexibility index (Phi) is 5.95. The van der Waals surface area contributed by atoms with Crippen molar-refractivity contribution >= 4 is 11.6 Å². The normalized spacial score (nSPS) is 17.2. The Morgan fingerprint density at radius 2 is 2.00 bits per heavy atom. The van der Waals surface area contributed by atoms with Crippen LogP contribution in [0.25, 0.3) is 5.65 Å². The number of aromatic nitrogens is 2. The van der Waals surface area contributed by atoms with Crippen LogP contribution in [-0.2, 0) is 13.1 Å². The SMILES string of the molecule is Cc1ccn2c(=O)c(C(=O)NCc3ccccc3CN3CCCCC3C)cnc2c1. The molecule has 0 radical (unpaired) electrons. The van der Waals surface area contributed by atoms with Crippen molar-refractivity contribution in [3.05, 3.63) is 81.4 Å². The number of nitrogens with one attached hydrogen (secondary N) is 1. The molecule has 156 valence electrons. The van der Waals surface area contributed by atoms with E-state index in [1.807, 2.05) is 37.3 Å². The van der Waals surface area contributed by atoms with Crippen LogP contribution >= 0.6 is 0 Å². The van der Waals surface area contributed by atoms with E-state index in [1.165, 1.54) is 35.4 Å². The maximum atomic E-state index is 12.7. The largest absolute Gasteiger partial charge is 0.348 e. The second-order valence-corrected chi connectivity index (χ2v) is 8.18. The number of carbonyl (C=O) groups excluding carboxylic acids is 1. The van der Waals surface area contributed by atoms with Crippen molar-refractivity contribution in [3.63, 3.8) is 0 Å². The maximum Gasteiger partial charge on any atom is 0.270 e. The summed E-state index contributed by atoms with van der Waals surface area (Å²) in [5.74, 6) is -0.399. The van der Waals surface area contributed by atoms with Gasteiger partial charge in [-0.3, -0.25) is 18.9 Å². The van der Waals surface area contributed by atoms with Crippen LogP contribution in [-0.4, -0.2) is 32.8 Å². The van der Waals surface area contributed by atoms with Crippen molar-refractivity contribution in [2.75, 3.05) is 6.54 Å². The quantitative estimate of drug-likeness (QED) is 0.709. The van der Waals surface area contributed by atoms with E-state index in [9.17, 15) is 9.59 Å². The maximum absolute atomic E-state index is 12.7. The lowest BCUT2D eigenvalue weighted by molar-refractivity contribution is 0.0948. The van der Waals surface area contributed by atoms with Crippen LogP contribution in [0.1, 0.15) is 53.2 Å². The van der Waals surface area contributed by atoms with E-state index in [2.05, 4.69) is 28.2 Å². The number of hydrogen-bond donors (Lipinski definition) is 1. The topological polar surface area (TPSA) is 66.7 Å². The summed E-state index contributed by atoms with van der Waals surface area (Å²) >= 11 is 0. The van der Waals surface area contributed by atoms with E-state index in [4.69, 9.17) is 0 Å². The Morgan fingerprint density at radius 1 is 1.20 bits per heavy atom. The molecular formula is C24H28N4O2. The van der Waals surface area contributed by atoms with E-state index in [0.717, 1.165) is 24.2 Å². The van der Waals surface area contributed by atoms with Gasteiger partial charge in [0, 0.05) is 31.5 Å². The monoisotopic (exact) mass is 404 g/mol. The number of hydrogen-bond acceptors (Lipinski definition) is 4. The summed E-state index contributed by atoms with van der Waals surface area (Å²) in [7, 11) is 0. The molecule has 1 N–H and O–H groups in total. The number of piperidine rings is 1. The zero-order chi connectivity index (χ0) is 21.1. The number of rotatable bonds is 5. The Labute approximate surface area is 176 Å². The first-order valence-corrected chi connectivity index (χ1v) is 10.6. The molecule has 6 nitrogen and oxygen atoms in total. The minimum atomic E-state index is -0.399. The fraction of sp³-hybridized carbons (Fsp3) is 0.375. The average Bonchev–Trinajstić information content (AvgIpc) is 2.74. The van der Waals surface area contributed by atoms with E-state index in [1.54, 1.807) is 6.20 Å². The van der Waals surface area contributed by atoms with Gasteiger partial charge in [-0.1, -0.05) is 30.7 Å². The van der Waals surface area contributed by atoms with Gasteiger partial charge in [0.25, 0.3) is 11.5 Å². The fourth-order valence-electron chi connectivity index (χ4n) is 4.10. The van der Waals surface area contributed by atoms with Gasteiger partial charge in [0.2, 0.25) is 0 Å². The second-order valence-electron chi connectivity index (χ2n) is 8.18. The molecular weight excluding hydrogens is 376 g/mol. The molecule has 0 bridgehead atoms. The van der Waals surface area contributed by atoms with Crippen LogP contribution in [0.3, 0.4) is 0 Å².